The predicted molar refractivity (Wildman–Crippen MR) is 53.4 cm³/mol. The second kappa shape index (κ2) is 4.11. The van der Waals surface area contributed by atoms with E-state index in [2.05, 4.69) is 0 Å². The number of carbonyl (C=O) groups is 1. The summed E-state index contributed by atoms with van der Waals surface area (Å²) in [7, 11) is 3.71. The van der Waals surface area contributed by atoms with Gasteiger partial charge in [-0.05, 0) is 17.7 Å². The number of carboxylic acids is 1. The van der Waals surface area contributed by atoms with Crippen LogP contribution in [-0.4, -0.2) is 30.3 Å². The highest BCUT2D eigenvalue weighted by Crippen LogP contribution is 2.19. The number of aliphatic hydroxyl groups excluding tert-OH is 1. The number of rotatable bonds is 3. The SMILES string of the molecule is CN(C)c1cccc(C(O)C(=O)O)c1. The van der Waals surface area contributed by atoms with E-state index in [0.717, 1.165) is 5.69 Å². The molecule has 0 radical (unpaired) electrons. The lowest BCUT2D eigenvalue weighted by Crippen LogP contribution is -2.13. The minimum atomic E-state index is -1.45. The van der Waals surface area contributed by atoms with Gasteiger partial charge in [-0.1, -0.05) is 12.1 Å². The van der Waals surface area contributed by atoms with Gasteiger partial charge in [0.05, 0.1) is 0 Å². The zero-order valence-electron chi connectivity index (χ0n) is 8.14. The number of hydrogen-bond acceptors (Lipinski definition) is 3. The number of aliphatic carboxylic acids is 1. The van der Waals surface area contributed by atoms with Crippen molar-refractivity contribution in [2.45, 2.75) is 6.10 Å². The van der Waals surface area contributed by atoms with Crippen LogP contribution in [0.3, 0.4) is 0 Å². The third-order valence-corrected chi connectivity index (χ3v) is 1.94. The Morgan fingerprint density at radius 2 is 2.07 bits per heavy atom. The standard InChI is InChI=1S/C10H13NO3/c1-11(2)8-5-3-4-7(6-8)9(12)10(13)14/h3-6,9,12H,1-2H3,(H,13,14). The summed E-state index contributed by atoms with van der Waals surface area (Å²) in [6.45, 7) is 0. The van der Waals surface area contributed by atoms with Gasteiger partial charge in [-0.25, -0.2) is 4.79 Å². The lowest BCUT2D eigenvalue weighted by Gasteiger charge is -2.14. The number of aliphatic hydroxyl groups is 1. The minimum absolute atomic E-state index is 0.392. The van der Waals surface area contributed by atoms with E-state index in [0.29, 0.717) is 5.56 Å². The van der Waals surface area contributed by atoms with Gasteiger partial charge in [-0.15, -0.1) is 0 Å². The molecule has 76 valence electrons. The van der Waals surface area contributed by atoms with Gasteiger partial charge in [-0.2, -0.15) is 0 Å². The molecule has 0 amide bonds. The molecule has 0 heterocycles. The van der Waals surface area contributed by atoms with E-state index in [1.165, 1.54) is 0 Å². The van der Waals surface area contributed by atoms with Gasteiger partial charge in [0, 0.05) is 19.8 Å². The van der Waals surface area contributed by atoms with Crippen molar-refractivity contribution in [1.82, 2.24) is 0 Å². The summed E-state index contributed by atoms with van der Waals surface area (Å²) in [4.78, 5) is 12.4. The second-order valence-electron chi connectivity index (χ2n) is 3.23. The molecule has 4 heteroatoms. The van der Waals surface area contributed by atoms with Crippen LogP contribution in [0.4, 0.5) is 5.69 Å². The molecule has 1 aromatic rings. The fourth-order valence-electron chi connectivity index (χ4n) is 1.12. The number of nitrogens with zero attached hydrogens (tertiary/aromatic N) is 1. The normalized spacial score (nSPS) is 12.2. The first kappa shape index (κ1) is 10.5. The molecule has 4 nitrogen and oxygen atoms in total. The molecule has 0 fully saturated rings. The molecule has 0 saturated carbocycles. The van der Waals surface area contributed by atoms with Crippen molar-refractivity contribution in [2.24, 2.45) is 0 Å². The summed E-state index contributed by atoms with van der Waals surface area (Å²) in [6, 6.07) is 6.81. The summed E-state index contributed by atoms with van der Waals surface area (Å²) >= 11 is 0. The van der Waals surface area contributed by atoms with Crippen molar-refractivity contribution in [1.29, 1.82) is 0 Å². The average molecular weight is 195 g/mol. The van der Waals surface area contributed by atoms with E-state index in [1.807, 2.05) is 25.1 Å². The average Bonchev–Trinajstić information content (AvgIpc) is 2.16. The molecule has 1 aromatic carbocycles. The fraction of sp³-hybridized carbons (Fsp3) is 0.300. The molecule has 0 aliphatic heterocycles. The first-order valence-electron chi connectivity index (χ1n) is 4.20. The highest BCUT2D eigenvalue weighted by atomic mass is 16.4. The van der Waals surface area contributed by atoms with Crippen LogP contribution in [0.15, 0.2) is 24.3 Å². The number of carboxylic acid groups (broad SMARTS) is 1. The van der Waals surface area contributed by atoms with Crippen molar-refractivity contribution in [3.63, 3.8) is 0 Å². The van der Waals surface area contributed by atoms with Gasteiger partial charge < -0.3 is 15.1 Å². The molecule has 2 N–H and O–H groups in total. The van der Waals surface area contributed by atoms with Crippen LogP contribution < -0.4 is 4.90 Å². The van der Waals surface area contributed by atoms with E-state index in [9.17, 15) is 9.90 Å². The molecular formula is C10H13NO3. The maximum atomic E-state index is 10.5. The summed E-state index contributed by atoms with van der Waals surface area (Å²) in [5.41, 5.74) is 1.26. The molecule has 0 aliphatic carbocycles. The zero-order valence-corrected chi connectivity index (χ0v) is 8.14. The Kier molecular flexibility index (Phi) is 3.09. The van der Waals surface area contributed by atoms with Crippen molar-refractivity contribution in [3.05, 3.63) is 29.8 Å². The van der Waals surface area contributed by atoms with Crippen LogP contribution >= 0.6 is 0 Å². The van der Waals surface area contributed by atoms with E-state index in [1.54, 1.807) is 18.2 Å². The van der Waals surface area contributed by atoms with Crippen LogP contribution in [0.25, 0.3) is 0 Å². The monoisotopic (exact) mass is 195 g/mol. The van der Waals surface area contributed by atoms with E-state index in [-0.39, 0.29) is 0 Å². The maximum absolute atomic E-state index is 10.5. The molecule has 1 unspecified atom stereocenters. The minimum Gasteiger partial charge on any atom is -0.479 e. The van der Waals surface area contributed by atoms with Crippen LogP contribution in [0, 0.1) is 0 Å². The van der Waals surface area contributed by atoms with E-state index < -0.39 is 12.1 Å². The number of benzene rings is 1. The molecule has 14 heavy (non-hydrogen) atoms. The lowest BCUT2D eigenvalue weighted by molar-refractivity contribution is -0.146. The Morgan fingerprint density at radius 3 is 2.57 bits per heavy atom. The van der Waals surface area contributed by atoms with E-state index in [4.69, 9.17) is 5.11 Å². The largest absolute Gasteiger partial charge is 0.479 e. The van der Waals surface area contributed by atoms with Gasteiger partial charge in [0.15, 0.2) is 6.10 Å². The van der Waals surface area contributed by atoms with Gasteiger partial charge >= 0.3 is 5.97 Å². The summed E-state index contributed by atoms with van der Waals surface area (Å²) < 4.78 is 0. The Hall–Kier alpha value is -1.55. The topological polar surface area (TPSA) is 60.8 Å². The highest BCUT2D eigenvalue weighted by molar-refractivity contribution is 5.74. The lowest BCUT2D eigenvalue weighted by atomic mass is 10.1. The van der Waals surface area contributed by atoms with Crippen molar-refractivity contribution >= 4 is 11.7 Å². The first-order chi connectivity index (χ1) is 6.52. The van der Waals surface area contributed by atoms with Crippen molar-refractivity contribution in [2.75, 3.05) is 19.0 Å². The number of hydrogen-bond donors (Lipinski definition) is 2. The molecule has 0 bridgehead atoms. The van der Waals surface area contributed by atoms with Gasteiger partial charge in [0.25, 0.3) is 0 Å². The Bertz CT molecular complexity index is 336. The fourth-order valence-corrected chi connectivity index (χ4v) is 1.12. The third kappa shape index (κ3) is 2.23. The molecule has 0 aromatic heterocycles. The van der Waals surface area contributed by atoms with Gasteiger partial charge in [0.2, 0.25) is 0 Å². The molecular weight excluding hydrogens is 182 g/mol. The molecule has 1 rings (SSSR count). The molecule has 0 saturated heterocycles. The van der Waals surface area contributed by atoms with Crippen molar-refractivity contribution in [3.8, 4) is 0 Å². The smallest absolute Gasteiger partial charge is 0.337 e. The Morgan fingerprint density at radius 1 is 1.43 bits per heavy atom. The molecule has 1 atom stereocenters. The summed E-state index contributed by atoms with van der Waals surface area (Å²) in [6.07, 6.45) is -1.45. The molecule has 0 aliphatic rings. The van der Waals surface area contributed by atoms with Crippen molar-refractivity contribution < 1.29 is 15.0 Å². The second-order valence-corrected chi connectivity index (χ2v) is 3.23. The quantitative estimate of drug-likeness (QED) is 0.751. The van der Waals surface area contributed by atoms with Crippen LogP contribution in [-0.2, 0) is 4.79 Å². The maximum Gasteiger partial charge on any atom is 0.337 e. The summed E-state index contributed by atoms with van der Waals surface area (Å²) in [5.74, 6) is -1.24. The number of anilines is 1. The Labute approximate surface area is 82.4 Å². The van der Waals surface area contributed by atoms with Gasteiger partial charge in [-0.3, -0.25) is 0 Å². The van der Waals surface area contributed by atoms with Crippen LogP contribution in [0.2, 0.25) is 0 Å². The summed E-state index contributed by atoms with van der Waals surface area (Å²) in [5, 5.41) is 17.9. The van der Waals surface area contributed by atoms with Gasteiger partial charge in [0.1, 0.15) is 0 Å². The zero-order chi connectivity index (χ0) is 10.7. The third-order valence-electron chi connectivity index (χ3n) is 1.94. The predicted octanol–water partition coefficient (Wildman–Crippen LogP) is 0.871. The first-order valence-corrected chi connectivity index (χ1v) is 4.20. The molecule has 0 spiro atoms. The van der Waals surface area contributed by atoms with E-state index >= 15 is 0 Å². The highest BCUT2D eigenvalue weighted by Gasteiger charge is 2.15. The van der Waals surface area contributed by atoms with Crippen LogP contribution in [0.5, 0.6) is 0 Å². The Balaban J connectivity index is 2.99. The van der Waals surface area contributed by atoms with Crippen LogP contribution in [0.1, 0.15) is 11.7 Å².